The largest absolute Gasteiger partial charge is 0.377 e. The zero-order chi connectivity index (χ0) is 17.4. The number of nitrogens with zero attached hydrogens (tertiary/aromatic N) is 2. The van der Waals surface area contributed by atoms with Crippen LogP contribution < -0.4 is 5.32 Å². The Balaban J connectivity index is 1.56. The number of para-hydroxylation sites is 1. The van der Waals surface area contributed by atoms with E-state index < -0.39 is 5.92 Å². The Morgan fingerprint density at radius 2 is 2.12 bits per heavy atom. The van der Waals surface area contributed by atoms with Crippen molar-refractivity contribution in [3.8, 4) is 0 Å². The maximum absolute atomic E-state index is 13.0. The van der Waals surface area contributed by atoms with Gasteiger partial charge in [-0.3, -0.25) is 9.59 Å². The second-order valence-electron chi connectivity index (χ2n) is 6.56. The first-order valence-corrected chi connectivity index (χ1v) is 8.53. The second kappa shape index (κ2) is 6.37. The van der Waals surface area contributed by atoms with Crippen molar-refractivity contribution < 1.29 is 14.3 Å². The van der Waals surface area contributed by atoms with Gasteiger partial charge in [-0.15, -0.1) is 0 Å². The van der Waals surface area contributed by atoms with Crippen LogP contribution in [0.15, 0.2) is 42.6 Å². The minimum atomic E-state index is -0.416. The van der Waals surface area contributed by atoms with Gasteiger partial charge in [0.05, 0.1) is 25.2 Å². The predicted octanol–water partition coefficient (Wildman–Crippen LogP) is 2.05. The van der Waals surface area contributed by atoms with Gasteiger partial charge in [-0.05, 0) is 23.8 Å². The molecule has 2 aliphatic heterocycles. The molecule has 0 radical (unpaired) electrons. The third kappa shape index (κ3) is 2.82. The molecule has 2 aliphatic rings. The average molecular weight is 339 g/mol. The lowest BCUT2D eigenvalue weighted by Gasteiger charge is -2.36. The predicted molar refractivity (Wildman–Crippen MR) is 93.1 cm³/mol. The van der Waals surface area contributed by atoms with Gasteiger partial charge in [0.25, 0.3) is 0 Å². The number of carbonyl (C=O) groups excluding carboxylic acids is 2. The number of amides is 2. The molecule has 1 aromatic carbocycles. The van der Waals surface area contributed by atoms with E-state index in [9.17, 15) is 9.59 Å². The van der Waals surface area contributed by atoms with Crippen LogP contribution in [-0.4, -0.2) is 41.0 Å². The molecule has 6 heteroatoms. The molecule has 25 heavy (non-hydrogen) atoms. The Hall–Kier alpha value is -2.60. The molecule has 0 spiro atoms. The smallest absolute Gasteiger partial charge is 0.232 e. The molecule has 1 N–H and O–H groups in total. The Labute approximate surface area is 146 Å². The number of rotatable bonds is 3. The first kappa shape index (κ1) is 15.9. The summed E-state index contributed by atoms with van der Waals surface area (Å²) >= 11 is 0. The monoisotopic (exact) mass is 339 g/mol. The lowest BCUT2D eigenvalue weighted by molar-refractivity contribution is -0.142. The first-order valence-electron chi connectivity index (χ1n) is 8.53. The van der Waals surface area contributed by atoms with Crippen molar-refractivity contribution in [1.29, 1.82) is 0 Å². The molecule has 130 valence electrons. The number of hydrogen-bond donors (Lipinski definition) is 1. The summed E-state index contributed by atoms with van der Waals surface area (Å²) in [7, 11) is 1.97. The van der Waals surface area contributed by atoms with Crippen molar-refractivity contribution in [2.75, 3.05) is 25.1 Å². The summed E-state index contributed by atoms with van der Waals surface area (Å²) in [5.41, 5.74) is 2.76. The minimum absolute atomic E-state index is 0.00801. The normalized spacial score (nSPS) is 22.6. The van der Waals surface area contributed by atoms with Gasteiger partial charge in [0.1, 0.15) is 0 Å². The van der Waals surface area contributed by atoms with E-state index in [4.69, 9.17) is 4.74 Å². The number of hydrogen-bond acceptors (Lipinski definition) is 3. The topological polar surface area (TPSA) is 63.6 Å². The molecule has 6 nitrogen and oxygen atoms in total. The summed E-state index contributed by atoms with van der Waals surface area (Å²) in [6.07, 6.45) is 2.15. The zero-order valence-corrected chi connectivity index (χ0v) is 14.1. The molecular weight excluding hydrogens is 318 g/mol. The summed E-state index contributed by atoms with van der Waals surface area (Å²) in [4.78, 5) is 27.2. The summed E-state index contributed by atoms with van der Waals surface area (Å²) in [5.74, 6) is -0.523. The lowest BCUT2D eigenvalue weighted by Crippen LogP contribution is -2.44. The van der Waals surface area contributed by atoms with E-state index in [1.54, 1.807) is 0 Å². The number of carbonyl (C=O) groups is 2. The highest BCUT2D eigenvalue weighted by atomic mass is 16.5. The molecule has 0 unspecified atom stereocenters. The van der Waals surface area contributed by atoms with Crippen molar-refractivity contribution in [1.82, 2.24) is 9.47 Å². The number of aryl methyl sites for hydroxylation is 1. The van der Waals surface area contributed by atoms with Gasteiger partial charge in [0.15, 0.2) is 0 Å². The molecule has 3 heterocycles. The molecule has 2 atom stereocenters. The number of benzene rings is 1. The van der Waals surface area contributed by atoms with Gasteiger partial charge in [0, 0.05) is 37.6 Å². The van der Waals surface area contributed by atoms with Crippen LogP contribution in [0.1, 0.15) is 29.6 Å². The second-order valence-corrected chi connectivity index (χ2v) is 6.56. The molecule has 1 saturated heterocycles. The van der Waals surface area contributed by atoms with Crippen molar-refractivity contribution in [2.24, 2.45) is 7.05 Å². The Bertz CT molecular complexity index is 814. The van der Waals surface area contributed by atoms with Crippen LogP contribution in [0.4, 0.5) is 5.69 Å². The zero-order valence-electron chi connectivity index (χ0n) is 14.1. The molecule has 0 bridgehead atoms. The number of fused-ring (bicyclic) bond motifs is 1. The summed E-state index contributed by atoms with van der Waals surface area (Å²) in [6, 6.07) is 11.4. The molecule has 4 rings (SSSR count). The van der Waals surface area contributed by atoms with E-state index in [1.165, 1.54) is 0 Å². The molecule has 1 fully saturated rings. The maximum Gasteiger partial charge on any atom is 0.232 e. The van der Waals surface area contributed by atoms with Gasteiger partial charge in [-0.1, -0.05) is 18.2 Å². The molecule has 0 saturated carbocycles. The van der Waals surface area contributed by atoms with Gasteiger partial charge in [-0.2, -0.15) is 0 Å². The Morgan fingerprint density at radius 3 is 2.92 bits per heavy atom. The average Bonchev–Trinajstić information content (AvgIpc) is 3.18. The van der Waals surface area contributed by atoms with Crippen LogP contribution in [0.2, 0.25) is 0 Å². The van der Waals surface area contributed by atoms with Crippen LogP contribution in [0.25, 0.3) is 0 Å². The third-order valence-electron chi connectivity index (χ3n) is 5.06. The van der Waals surface area contributed by atoms with Crippen molar-refractivity contribution in [3.05, 3.63) is 53.9 Å². The number of ether oxygens (including phenoxy) is 1. The van der Waals surface area contributed by atoms with E-state index in [0.29, 0.717) is 19.8 Å². The lowest BCUT2D eigenvalue weighted by atomic mass is 9.96. The molecule has 2 amide bonds. The third-order valence-corrected chi connectivity index (χ3v) is 5.06. The summed E-state index contributed by atoms with van der Waals surface area (Å²) < 4.78 is 7.61. The quantitative estimate of drug-likeness (QED) is 0.931. The minimum Gasteiger partial charge on any atom is -0.377 e. The number of nitrogens with one attached hydrogen (secondary N) is 1. The molecule has 1 aromatic heterocycles. The molecule has 0 aliphatic carbocycles. The SMILES string of the molecule is Cn1cccc1[C@@H]1COCCN1C(=O)C[C@@H]1C(=O)Nc2ccccc21. The Kier molecular flexibility index (Phi) is 4.05. The fourth-order valence-corrected chi connectivity index (χ4v) is 3.74. The number of aromatic nitrogens is 1. The van der Waals surface area contributed by atoms with Crippen LogP contribution >= 0.6 is 0 Å². The van der Waals surface area contributed by atoms with E-state index in [2.05, 4.69) is 5.32 Å². The first-order chi connectivity index (χ1) is 12.1. The fourth-order valence-electron chi connectivity index (χ4n) is 3.74. The van der Waals surface area contributed by atoms with Gasteiger partial charge in [-0.25, -0.2) is 0 Å². The van der Waals surface area contributed by atoms with Gasteiger partial charge >= 0.3 is 0 Å². The van der Waals surface area contributed by atoms with Crippen LogP contribution in [0.5, 0.6) is 0 Å². The summed E-state index contributed by atoms with van der Waals surface area (Å²) in [6.45, 7) is 1.56. The van der Waals surface area contributed by atoms with Crippen LogP contribution in [-0.2, 0) is 21.4 Å². The highest BCUT2D eigenvalue weighted by Gasteiger charge is 2.36. The standard InChI is InChI=1S/C19H21N3O3/c1-21-8-4-7-16(21)17-12-25-10-9-22(17)18(23)11-14-13-5-2-3-6-15(13)20-19(14)24/h2-8,14,17H,9-12H2,1H3,(H,20,24)/t14-,17-/m0/s1. The number of morpholine rings is 1. The van der Waals surface area contributed by atoms with Crippen LogP contribution in [0.3, 0.4) is 0 Å². The number of anilines is 1. The molecular formula is C19H21N3O3. The van der Waals surface area contributed by atoms with E-state index >= 15 is 0 Å². The van der Waals surface area contributed by atoms with E-state index in [0.717, 1.165) is 16.9 Å². The highest BCUT2D eigenvalue weighted by molar-refractivity contribution is 6.04. The van der Waals surface area contributed by atoms with Crippen molar-refractivity contribution in [2.45, 2.75) is 18.4 Å². The fraction of sp³-hybridized carbons (Fsp3) is 0.368. The highest BCUT2D eigenvalue weighted by Crippen LogP contribution is 2.35. The maximum atomic E-state index is 13.0. The van der Waals surface area contributed by atoms with E-state index in [-0.39, 0.29) is 24.3 Å². The summed E-state index contributed by atoms with van der Waals surface area (Å²) in [5, 5.41) is 2.87. The van der Waals surface area contributed by atoms with Crippen molar-refractivity contribution in [3.63, 3.8) is 0 Å². The van der Waals surface area contributed by atoms with Crippen molar-refractivity contribution >= 4 is 17.5 Å². The van der Waals surface area contributed by atoms with E-state index in [1.807, 2.05) is 59.1 Å². The van der Waals surface area contributed by atoms with Gasteiger partial charge in [0.2, 0.25) is 11.8 Å². The van der Waals surface area contributed by atoms with Gasteiger partial charge < -0.3 is 19.5 Å². The Morgan fingerprint density at radius 1 is 1.28 bits per heavy atom. The molecule has 2 aromatic rings. The van der Waals surface area contributed by atoms with Crippen LogP contribution in [0, 0.1) is 0 Å².